The van der Waals surface area contributed by atoms with Crippen molar-refractivity contribution in [2.75, 3.05) is 18.5 Å². The topological polar surface area (TPSA) is 40.5 Å². The van der Waals surface area contributed by atoms with Crippen molar-refractivity contribution in [1.82, 2.24) is 0 Å². The summed E-state index contributed by atoms with van der Waals surface area (Å²) in [6.45, 7) is 0.0927. The summed E-state index contributed by atoms with van der Waals surface area (Å²) in [7, 11) is 1.49. The van der Waals surface area contributed by atoms with Gasteiger partial charge in [0.25, 0.3) is 0 Å². The predicted octanol–water partition coefficient (Wildman–Crippen LogP) is 2.40. The molecule has 0 aliphatic carbocycles. The number of anilines is 1. The minimum Gasteiger partial charge on any atom is -0.481 e. The van der Waals surface area contributed by atoms with Crippen molar-refractivity contribution in [3.63, 3.8) is 0 Å². The van der Waals surface area contributed by atoms with Gasteiger partial charge in [0, 0.05) is 13.6 Å². The number of carboxylic acids is 1. The minimum atomic E-state index is -4.42. The molecule has 0 bridgehead atoms. The van der Waals surface area contributed by atoms with Crippen LogP contribution in [0.15, 0.2) is 18.2 Å². The second-order valence-electron chi connectivity index (χ2n) is 4.43. The summed E-state index contributed by atoms with van der Waals surface area (Å²) in [6.07, 6.45) is -4.28. The quantitative estimate of drug-likeness (QED) is 0.841. The number of nitrogens with zero attached hydrogens (tertiary/aromatic N) is 1. The molecule has 1 unspecified atom stereocenters. The van der Waals surface area contributed by atoms with E-state index in [1.54, 1.807) is 6.07 Å². The molecule has 1 aliphatic rings. The summed E-state index contributed by atoms with van der Waals surface area (Å²) >= 11 is 0. The van der Waals surface area contributed by atoms with E-state index in [4.69, 9.17) is 5.11 Å². The Hall–Kier alpha value is -1.72. The lowest BCUT2D eigenvalue weighted by molar-refractivity contribution is -0.141. The van der Waals surface area contributed by atoms with Crippen molar-refractivity contribution in [1.29, 1.82) is 0 Å². The van der Waals surface area contributed by atoms with Crippen LogP contribution in [0.4, 0.5) is 18.9 Å². The number of carbonyl (C=O) groups is 1. The third kappa shape index (κ3) is 2.14. The van der Waals surface area contributed by atoms with Crippen LogP contribution in [0, 0.1) is 5.92 Å². The fraction of sp³-hybridized carbons (Fsp3) is 0.417. The smallest absolute Gasteiger partial charge is 0.418 e. The van der Waals surface area contributed by atoms with Crippen LogP contribution in [0.5, 0.6) is 0 Å². The van der Waals surface area contributed by atoms with E-state index in [0.717, 1.165) is 6.07 Å². The summed E-state index contributed by atoms with van der Waals surface area (Å²) in [5, 5.41) is 8.96. The number of benzene rings is 1. The number of hydrogen-bond acceptors (Lipinski definition) is 2. The maximum Gasteiger partial charge on any atom is 0.418 e. The molecule has 0 spiro atoms. The lowest BCUT2D eigenvalue weighted by atomic mass is 9.90. The summed E-state index contributed by atoms with van der Waals surface area (Å²) < 4.78 is 38.6. The van der Waals surface area contributed by atoms with Crippen molar-refractivity contribution >= 4 is 11.7 Å². The standard InChI is InChI=1S/C12H12F3NO2/c1-16-6-8(11(17)18)5-7-3-2-4-9(10(7)16)12(13,14)15/h2-4,8H,5-6H2,1H3,(H,17,18). The van der Waals surface area contributed by atoms with Crippen molar-refractivity contribution in [3.05, 3.63) is 29.3 Å². The molecule has 98 valence electrons. The van der Waals surface area contributed by atoms with Gasteiger partial charge in [0.2, 0.25) is 0 Å². The highest BCUT2D eigenvalue weighted by atomic mass is 19.4. The van der Waals surface area contributed by atoms with Gasteiger partial charge >= 0.3 is 12.1 Å². The Bertz CT molecular complexity index is 485. The fourth-order valence-corrected chi connectivity index (χ4v) is 2.35. The monoisotopic (exact) mass is 259 g/mol. The first-order valence-corrected chi connectivity index (χ1v) is 5.43. The average Bonchev–Trinajstić information content (AvgIpc) is 2.26. The highest BCUT2D eigenvalue weighted by Crippen LogP contribution is 2.41. The molecule has 0 fully saturated rings. The van der Waals surface area contributed by atoms with E-state index in [9.17, 15) is 18.0 Å². The van der Waals surface area contributed by atoms with E-state index in [1.165, 1.54) is 18.0 Å². The van der Waals surface area contributed by atoms with E-state index in [1.807, 2.05) is 0 Å². The number of para-hydroxylation sites is 1. The van der Waals surface area contributed by atoms with Crippen LogP contribution in [-0.2, 0) is 17.4 Å². The Morgan fingerprint density at radius 3 is 2.67 bits per heavy atom. The van der Waals surface area contributed by atoms with Gasteiger partial charge in [-0.1, -0.05) is 12.1 Å². The molecule has 6 heteroatoms. The minimum absolute atomic E-state index is 0.0927. The van der Waals surface area contributed by atoms with E-state index < -0.39 is 23.6 Å². The van der Waals surface area contributed by atoms with Crippen LogP contribution in [0.3, 0.4) is 0 Å². The number of aliphatic carboxylic acids is 1. The zero-order valence-corrected chi connectivity index (χ0v) is 9.66. The highest BCUT2D eigenvalue weighted by Gasteiger charge is 2.38. The molecule has 0 radical (unpaired) electrons. The van der Waals surface area contributed by atoms with Crippen LogP contribution < -0.4 is 4.90 Å². The van der Waals surface area contributed by atoms with Gasteiger partial charge in [-0.2, -0.15) is 13.2 Å². The first kappa shape index (κ1) is 12.7. The molecule has 0 amide bonds. The first-order chi connectivity index (χ1) is 8.30. The Morgan fingerprint density at radius 2 is 2.11 bits per heavy atom. The molecule has 0 saturated carbocycles. The molecule has 1 aliphatic heterocycles. The zero-order chi connectivity index (χ0) is 13.5. The van der Waals surface area contributed by atoms with E-state index >= 15 is 0 Å². The molecule has 1 atom stereocenters. The molecule has 1 heterocycles. The van der Waals surface area contributed by atoms with Crippen LogP contribution in [0.25, 0.3) is 0 Å². The number of carboxylic acid groups (broad SMARTS) is 1. The summed E-state index contributed by atoms with van der Waals surface area (Å²) in [6, 6.07) is 3.90. The van der Waals surface area contributed by atoms with E-state index in [2.05, 4.69) is 0 Å². The van der Waals surface area contributed by atoms with E-state index in [-0.39, 0.29) is 18.7 Å². The Kier molecular flexibility index (Phi) is 2.96. The molecule has 3 nitrogen and oxygen atoms in total. The summed E-state index contributed by atoms with van der Waals surface area (Å²) in [4.78, 5) is 12.3. The molecular formula is C12H12F3NO2. The number of hydrogen-bond donors (Lipinski definition) is 1. The molecule has 1 aromatic carbocycles. The van der Waals surface area contributed by atoms with Gasteiger partial charge in [-0.15, -0.1) is 0 Å². The third-order valence-corrected chi connectivity index (χ3v) is 3.12. The second-order valence-corrected chi connectivity index (χ2v) is 4.43. The maximum atomic E-state index is 12.9. The molecule has 0 saturated heterocycles. The number of halogens is 3. The van der Waals surface area contributed by atoms with Crippen LogP contribution in [0.2, 0.25) is 0 Å². The van der Waals surface area contributed by atoms with Gasteiger partial charge in [0.1, 0.15) is 0 Å². The van der Waals surface area contributed by atoms with E-state index in [0.29, 0.717) is 5.56 Å². The molecule has 1 N–H and O–H groups in total. The second kappa shape index (κ2) is 4.19. The van der Waals surface area contributed by atoms with Crippen molar-refractivity contribution < 1.29 is 23.1 Å². The molecule has 18 heavy (non-hydrogen) atoms. The summed E-state index contributed by atoms with van der Waals surface area (Å²) in [5.74, 6) is -1.64. The normalized spacial score (nSPS) is 19.6. The molecule has 0 aromatic heterocycles. The van der Waals surface area contributed by atoms with Gasteiger partial charge < -0.3 is 10.0 Å². The largest absolute Gasteiger partial charge is 0.481 e. The maximum absolute atomic E-state index is 12.9. The van der Waals surface area contributed by atoms with Gasteiger partial charge in [0.05, 0.1) is 17.2 Å². The van der Waals surface area contributed by atoms with Crippen LogP contribution >= 0.6 is 0 Å². The lowest BCUT2D eigenvalue weighted by Crippen LogP contribution is -2.37. The van der Waals surface area contributed by atoms with Crippen molar-refractivity contribution in [2.45, 2.75) is 12.6 Å². The van der Waals surface area contributed by atoms with Crippen molar-refractivity contribution in [3.8, 4) is 0 Å². The van der Waals surface area contributed by atoms with Crippen LogP contribution in [0.1, 0.15) is 11.1 Å². The average molecular weight is 259 g/mol. The number of fused-ring (bicyclic) bond motifs is 1. The van der Waals surface area contributed by atoms with Gasteiger partial charge in [-0.05, 0) is 18.1 Å². The molecule has 2 rings (SSSR count). The Labute approximate surface area is 102 Å². The molecule has 1 aromatic rings. The van der Waals surface area contributed by atoms with Gasteiger partial charge in [-0.25, -0.2) is 0 Å². The number of rotatable bonds is 1. The van der Waals surface area contributed by atoms with Gasteiger partial charge in [-0.3, -0.25) is 4.79 Å². The van der Waals surface area contributed by atoms with Crippen LogP contribution in [-0.4, -0.2) is 24.7 Å². The summed E-state index contributed by atoms with van der Waals surface area (Å²) in [5.41, 5.74) is -0.167. The first-order valence-electron chi connectivity index (χ1n) is 5.43. The Balaban J connectivity index is 2.49. The molecular weight excluding hydrogens is 247 g/mol. The van der Waals surface area contributed by atoms with Crippen molar-refractivity contribution in [2.24, 2.45) is 5.92 Å². The Morgan fingerprint density at radius 1 is 1.44 bits per heavy atom. The zero-order valence-electron chi connectivity index (χ0n) is 9.66. The third-order valence-electron chi connectivity index (χ3n) is 3.12. The SMILES string of the molecule is CN1CC(C(=O)O)Cc2cccc(C(F)(F)F)c21. The predicted molar refractivity (Wildman–Crippen MR) is 59.5 cm³/mol. The lowest BCUT2D eigenvalue weighted by Gasteiger charge is -2.33. The van der Waals surface area contributed by atoms with Gasteiger partial charge in [0.15, 0.2) is 0 Å². The highest BCUT2D eigenvalue weighted by molar-refractivity contribution is 5.74. The fourth-order valence-electron chi connectivity index (χ4n) is 2.35. The number of alkyl halides is 3.